The van der Waals surface area contributed by atoms with E-state index in [2.05, 4.69) is 42.3 Å². The number of benzene rings is 2. The highest BCUT2D eigenvalue weighted by Gasteiger charge is 1.97. The molecular formula is C18H18N2. The van der Waals surface area contributed by atoms with Crippen LogP contribution in [0.2, 0.25) is 0 Å². The molecule has 0 unspecified atom stereocenters. The lowest BCUT2D eigenvalue weighted by atomic mass is 10.1. The van der Waals surface area contributed by atoms with Gasteiger partial charge in [-0.3, -0.25) is 4.99 Å². The van der Waals surface area contributed by atoms with Crippen molar-refractivity contribution in [1.29, 1.82) is 5.26 Å². The number of aryl methyl sites for hydroxylation is 1. The van der Waals surface area contributed by atoms with Crippen molar-refractivity contribution >= 4 is 11.9 Å². The topological polar surface area (TPSA) is 36.1 Å². The first-order valence-corrected chi connectivity index (χ1v) is 6.95. The molecule has 0 aliphatic carbocycles. The lowest BCUT2D eigenvalue weighted by Gasteiger charge is -2.00. The summed E-state index contributed by atoms with van der Waals surface area (Å²) >= 11 is 0. The predicted molar refractivity (Wildman–Crippen MR) is 83.5 cm³/mol. The van der Waals surface area contributed by atoms with Gasteiger partial charge in [-0.1, -0.05) is 49.7 Å². The molecule has 2 rings (SSSR count). The van der Waals surface area contributed by atoms with Crippen LogP contribution in [0.5, 0.6) is 0 Å². The molecule has 0 bridgehead atoms. The second-order valence-electron chi connectivity index (χ2n) is 4.73. The van der Waals surface area contributed by atoms with Gasteiger partial charge in [-0.25, -0.2) is 0 Å². The zero-order valence-electron chi connectivity index (χ0n) is 11.7. The highest BCUT2D eigenvalue weighted by atomic mass is 14.7. The Morgan fingerprint density at radius 3 is 2.55 bits per heavy atom. The molecule has 0 N–H and O–H groups in total. The second-order valence-corrected chi connectivity index (χ2v) is 4.73. The van der Waals surface area contributed by atoms with Crippen LogP contribution in [0.1, 0.15) is 36.5 Å². The van der Waals surface area contributed by atoms with Crippen LogP contribution in [0.25, 0.3) is 0 Å². The SMILES string of the molecule is CCCCc1ccc(C=Nc2ccccc2C#N)cc1. The first-order chi connectivity index (χ1) is 9.83. The molecule has 2 nitrogen and oxygen atoms in total. The van der Waals surface area contributed by atoms with E-state index in [-0.39, 0.29) is 0 Å². The van der Waals surface area contributed by atoms with Crippen LogP contribution in [0, 0.1) is 11.3 Å². The first kappa shape index (κ1) is 14.0. The first-order valence-electron chi connectivity index (χ1n) is 6.95. The lowest BCUT2D eigenvalue weighted by Crippen LogP contribution is -1.86. The predicted octanol–water partition coefficient (Wildman–Crippen LogP) is 4.65. The Morgan fingerprint density at radius 1 is 1.10 bits per heavy atom. The van der Waals surface area contributed by atoms with E-state index in [1.165, 1.54) is 18.4 Å². The van der Waals surface area contributed by atoms with Gasteiger partial charge >= 0.3 is 0 Å². The Balaban J connectivity index is 2.10. The standard InChI is InChI=1S/C18H18N2/c1-2-3-6-15-9-11-16(12-10-15)14-20-18-8-5-4-7-17(18)13-19/h4-5,7-12,14H,2-3,6H2,1H3. The molecule has 0 aromatic heterocycles. The van der Waals surface area contributed by atoms with Crippen LogP contribution in [-0.2, 0) is 6.42 Å². The van der Waals surface area contributed by atoms with E-state index in [1.807, 2.05) is 18.2 Å². The molecule has 2 aromatic rings. The summed E-state index contributed by atoms with van der Waals surface area (Å²) < 4.78 is 0. The van der Waals surface area contributed by atoms with Gasteiger partial charge in [0.1, 0.15) is 6.07 Å². The van der Waals surface area contributed by atoms with Crippen LogP contribution in [-0.4, -0.2) is 6.21 Å². The Hall–Kier alpha value is -2.40. The largest absolute Gasteiger partial charge is 0.255 e. The third-order valence-electron chi connectivity index (χ3n) is 3.18. The van der Waals surface area contributed by atoms with Crippen molar-refractivity contribution in [3.8, 4) is 6.07 Å². The number of nitrogens with zero attached hydrogens (tertiary/aromatic N) is 2. The zero-order valence-corrected chi connectivity index (χ0v) is 11.7. The van der Waals surface area contributed by atoms with E-state index < -0.39 is 0 Å². The van der Waals surface area contributed by atoms with Gasteiger partial charge < -0.3 is 0 Å². The van der Waals surface area contributed by atoms with E-state index in [4.69, 9.17) is 5.26 Å². The van der Waals surface area contributed by atoms with Gasteiger partial charge in [0.2, 0.25) is 0 Å². The van der Waals surface area contributed by atoms with E-state index in [1.54, 1.807) is 12.3 Å². The van der Waals surface area contributed by atoms with Crippen molar-refractivity contribution < 1.29 is 0 Å². The normalized spacial score (nSPS) is 10.6. The molecule has 0 fully saturated rings. The summed E-state index contributed by atoms with van der Waals surface area (Å²) in [6, 6.07) is 18.0. The minimum absolute atomic E-state index is 0.600. The minimum atomic E-state index is 0.600. The summed E-state index contributed by atoms with van der Waals surface area (Å²) in [5, 5.41) is 9.01. The summed E-state index contributed by atoms with van der Waals surface area (Å²) in [6.07, 6.45) is 5.38. The van der Waals surface area contributed by atoms with Crippen molar-refractivity contribution in [2.45, 2.75) is 26.2 Å². The van der Waals surface area contributed by atoms with Crippen molar-refractivity contribution in [2.75, 3.05) is 0 Å². The van der Waals surface area contributed by atoms with E-state index >= 15 is 0 Å². The summed E-state index contributed by atoms with van der Waals surface area (Å²) in [5.41, 5.74) is 3.73. The van der Waals surface area contributed by atoms with Gasteiger partial charge in [0.05, 0.1) is 11.3 Å². The van der Waals surface area contributed by atoms with Gasteiger partial charge in [-0.05, 0) is 36.1 Å². The van der Waals surface area contributed by atoms with Crippen molar-refractivity contribution in [2.24, 2.45) is 4.99 Å². The van der Waals surface area contributed by atoms with E-state index in [9.17, 15) is 0 Å². The zero-order chi connectivity index (χ0) is 14.2. The minimum Gasteiger partial charge on any atom is -0.255 e. The van der Waals surface area contributed by atoms with Crippen molar-refractivity contribution in [3.63, 3.8) is 0 Å². The van der Waals surface area contributed by atoms with Gasteiger partial charge in [0, 0.05) is 6.21 Å². The summed E-state index contributed by atoms with van der Waals surface area (Å²) in [4.78, 5) is 4.39. The van der Waals surface area contributed by atoms with Crippen LogP contribution in [0.15, 0.2) is 53.5 Å². The van der Waals surface area contributed by atoms with Gasteiger partial charge in [0.15, 0.2) is 0 Å². The van der Waals surface area contributed by atoms with Crippen LogP contribution < -0.4 is 0 Å². The molecule has 0 saturated carbocycles. The molecule has 0 aliphatic rings. The summed E-state index contributed by atoms with van der Waals surface area (Å²) in [7, 11) is 0. The summed E-state index contributed by atoms with van der Waals surface area (Å²) in [5.74, 6) is 0. The van der Waals surface area contributed by atoms with Crippen LogP contribution in [0.3, 0.4) is 0 Å². The van der Waals surface area contributed by atoms with Crippen LogP contribution in [0.4, 0.5) is 5.69 Å². The number of rotatable bonds is 5. The van der Waals surface area contributed by atoms with Gasteiger partial charge in [-0.2, -0.15) is 5.26 Å². The molecule has 2 heteroatoms. The smallest absolute Gasteiger partial charge is 0.101 e. The maximum absolute atomic E-state index is 9.01. The molecule has 100 valence electrons. The number of unbranched alkanes of at least 4 members (excludes halogenated alkanes) is 1. The van der Waals surface area contributed by atoms with E-state index in [0.29, 0.717) is 11.3 Å². The molecule has 2 aromatic carbocycles. The lowest BCUT2D eigenvalue weighted by molar-refractivity contribution is 0.795. The maximum atomic E-state index is 9.01. The highest BCUT2D eigenvalue weighted by Crippen LogP contribution is 2.17. The summed E-state index contributed by atoms with van der Waals surface area (Å²) in [6.45, 7) is 2.20. The number of hydrogen-bond acceptors (Lipinski definition) is 2. The highest BCUT2D eigenvalue weighted by molar-refractivity contribution is 5.82. The Kier molecular flexibility index (Phi) is 5.08. The Labute approximate surface area is 120 Å². The fraction of sp³-hybridized carbons (Fsp3) is 0.222. The molecule has 0 heterocycles. The average Bonchev–Trinajstić information content (AvgIpc) is 2.52. The average molecular weight is 262 g/mol. The van der Waals surface area contributed by atoms with Crippen LogP contribution >= 0.6 is 0 Å². The van der Waals surface area contributed by atoms with E-state index in [0.717, 1.165) is 12.0 Å². The Morgan fingerprint density at radius 2 is 1.85 bits per heavy atom. The maximum Gasteiger partial charge on any atom is 0.101 e. The number of hydrogen-bond donors (Lipinski definition) is 0. The molecule has 0 atom stereocenters. The third-order valence-corrected chi connectivity index (χ3v) is 3.18. The molecule has 0 saturated heterocycles. The molecule has 0 amide bonds. The molecule has 0 radical (unpaired) electrons. The van der Waals surface area contributed by atoms with Crippen molar-refractivity contribution in [3.05, 3.63) is 65.2 Å². The number of para-hydroxylation sites is 1. The molecule has 0 aliphatic heterocycles. The Bertz CT molecular complexity index is 619. The molecule has 0 spiro atoms. The van der Waals surface area contributed by atoms with Gasteiger partial charge in [-0.15, -0.1) is 0 Å². The fourth-order valence-electron chi connectivity index (χ4n) is 1.98. The quantitative estimate of drug-likeness (QED) is 0.722. The number of aliphatic imine (C=N–C) groups is 1. The third kappa shape index (κ3) is 3.80. The number of nitriles is 1. The van der Waals surface area contributed by atoms with Crippen molar-refractivity contribution in [1.82, 2.24) is 0 Å². The second kappa shape index (κ2) is 7.25. The fourth-order valence-corrected chi connectivity index (χ4v) is 1.98. The van der Waals surface area contributed by atoms with Gasteiger partial charge in [0.25, 0.3) is 0 Å². The molecular weight excluding hydrogens is 244 g/mol. The monoisotopic (exact) mass is 262 g/mol. The molecule has 20 heavy (non-hydrogen) atoms.